The maximum atomic E-state index is 9.74. The van der Waals surface area contributed by atoms with E-state index in [0.717, 1.165) is 11.3 Å². The first kappa shape index (κ1) is 11.5. The Morgan fingerprint density at radius 3 is 3.00 bits per heavy atom. The third-order valence-electron chi connectivity index (χ3n) is 2.08. The number of nitriles is 1. The molecule has 1 aromatic rings. The van der Waals surface area contributed by atoms with Gasteiger partial charge in [0.15, 0.2) is 0 Å². The van der Waals surface area contributed by atoms with Crippen LogP contribution in [0.2, 0.25) is 0 Å². The Hall–Kier alpha value is -1.53. The van der Waals surface area contributed by atoms with Crippen molar-refractivity contribution in [1.82, 2.24) is 0 Å². The average molecular weight is 205 g/mol. The molecule has 0 aliphatic heterocycles. The molecule has 0 bridgehead atoms. The summed E-state index contributed by atoms with van der Waals surface area (Å²) >= 11 is 0. The van der Waals surface area contributed by atoms with Crippen molar-refractivity contribution in [2.45, 2.75) is 25.9 Å². The fourth-order valence-corrected chi connectivity index (χ4v) is 1.35. The number of nitrogens with zero attached hydrogens (tertiary/aromatic N) is 1. The van der Waals surface area contributed by atoms with Gasteiger partial charge in [-0.3, -0.25) is 0 Å². The first-order chi connectivity index (χ1) is 7.27. The van der Waals surface area contributed by atoms with Crippen LogP contribution in [0, 0.1) is 11.3 Å². The molecule has 0 heterocycles. The van der Waals surface area contributed by atoms with Gasteiger partial charge in [0.05, 0.1) is 18.8 Å². The van der Waals surface area contributed by atoms with Crippen molar-refractivity contribution in [2.75, 3.05) is 6.61 Å². The highest BCUT2D eigenvalue weighted by Crippen LogP contribution is 2.22. The average Bonchev–Trinajstić information content (AvgIpc) is 2.27. The Balaban J connectivity index is 2.67. The van der Waals surface area contributed by atoms with E-state index < -0.39 is 6.10 Å². The molecular weight excluding hydrogens is 190 g/mol. The van der Waals surface area contributed by atoms with Gasteiger partial charge in [0, 0.05) is 6.42 Å². The van der Waals surface area contributed by atoms with Gasteiger partial charge in [-0.1, -0.05) is 12.1 Å². The van der Waals surface area contributed by atoms with Crippen molar-refractivity contribution in [2.24, 2.45) is 0 Å². The molecule has 1 N–H and O–H groups in total. The van der Waals surface area contributed by atoms with Crippen LogP contribution in [-0.2, 0) is 0 Å². The minimum absolute atomic E-state index is 0.361. The van der Waals surface area contributed by atoms with Gasteiger partial charge in [0.1, 0.15) is 5.75 Å². The number of ether oxygens (including phenoxy) is 1. The highest BCUT2D eigenvalue weighted by Gasteiger charge is 2.07. The highest BCUT2D eigenvalue weighted by molar-refractivity contribution is 5.29. The first-order valence-electron chi connectivity index (χ1n) is 5.05. The van der Waals surface area contributed by atoms with Gasteiger partial charge < -0.3 is 9.84 Å². The Kier molecular flexibility index (Phi) is 4.65. The monoisotopic (exact) mass is 205 g/mol. The second kappa shape index (κ2) is 6.05. The minimum atomic E-state index is -0.579. The van der Waals surface area contributed by atoms with E-state index >= 15 is 0 Å². The quantitative estimate of drug-likeness (QED) is 0.803. The summed E-state index contributed by atoms with van der Waals surface area (Å²) in [4.78, 5) is 0. The van der Waals surface area contributed by atoms with Gasteiger partial charge in [0.2, 0.25) is 0 Å². The predicted molar refractivity (Wildman–Crippen MR) is 57.4 cm³/mol. The molecular formula is C12H15NO2. The third kappa shape index (κ3) is 3.61. The van der Waals surface area contributed by atoms with Crippen LogP contribution in [0.5, 0.6) is 5.75 Å². The zero-order chi connectivity index (χ0) is 11.1. The lowest BCUT2D eigenvalue weighted by molar-refractivity contribution is 0.168. The number of aliphatic hydroxyl groups is 1. The van der Waals surface area contributed by atoms with Crippen LogP contribution >= 0.6 is 0 Å². The normalized spacial score (nSPS) is 11.8. The van der Waals surface area contributed by atoms with Crippen LogP contribution in [0.15, 0.2) is 24.3 Å². The molecule has 0 fully saturated rings. The molecule has 0 aliphatic rings. The number of aliphatic hydroxyl groups excluding tert-OH is 1. The van der Waals surface area contributed by atoms with Crippen LogP contribution in [0.1, 0.15) is 31.4 Å². The number of rotatable bonds is 5. The summed E-state index contributed by atoms with van der Waals surface area (Å²) in [5.74, 6) is 0.756. The van der Waals surface area contributed by atoms with Crippen molar-refractivity contribution in [3.05, 3.63) is 29.8 Å². The summed E-state index contributed by atoms with van der Waals surface area (Å²) in [5.41, 5.74) is 0.802. The van der Waals surface area contributed by atoms with Crippen molar-refractivity contribution in [1.29, 1.82) is 5.26 Å². The zero-order valence-corrected chi connectivity index (χ0v) is 8.81. The summed E-state index contributed by atoms with van der Waals surface area (Å²) in [6.07, 6.45) is 0.247. The number of hydrogen-bond acceptors (Lipinski definition) is 3. The molecule has 15 heavy (non-hydrogen) atoms. The molecule has 0 aliphatic carbocycles. The smallest absolute Gasteiger partial charge is 0.119 e. The molecule has 0 radical (unpaired) electrons. The minimum Gasteiger partial charge on any atom is -0.494 e. The van der Waals surface area contributed by atoms with E-state index in [1.165, 1.54) is 0 Å². The van der Waals surface area contributed by atoms with Gasteiger partial charge in [-0.05, 0) is 31.0 Å². The van der Waals surface area contributed by atoms with E-state index in [-0.39, 0.29) is 0 Å². The summed E-state index contributed by atoms with van der Waals surface area (Å²) in [7, 11) is 0. The molecule has 0 aromatic heterocycles. The standard InChI is InChI=1S/C12H15NO2/c1-2-15-11-6-3-5-10(9-11)12(14)7-4-8-13/h3,5-6,9,12,14H,2,4,7H2,1H3. The SMILES string of the molecule is CCOc1cccc(C(O)CCC#N)c1. The molecule has 0 spiro atoms. The summed E-state index contributed by atoms with van der Waals surface area (Å²) in [6, 6.07) is 9.36. The molecule has 1 aromatic carbocycles. The second-order valence-electron chi connectivity index (χ2n) is 3.22. The van der Waals surface area contributed by atoms with Crippen LogP contribution in [0.25, 0.3) is 0 Å². The number of benzene rings is 1. The van der Waals surface area contributed by atoms with Crippen molar-refractivity contribution >= 4 is 0 Å². The van der Waals surface area contributed by atoms with E-state index in [4.69, 9.17) is 10.00 Å². The van der Waals surface area contributed by atoms with Crippen LogP contribution in [-0.4, -0.2) is 11.7 Å². The first-order valence-corrected chi connectivity index (χ1v) is 5.05. The topological polar surface area (TPSA) is 53.2 Å². The molecule has 3 heteroatoms. The lowest BCUT2D eigenvalue weighted by atomic mass is 10.1. The summed E-state index contributed by atoms with van der Waals surface area (Å²) in [6.45, 7) is 2.52. The third-order valence-corrected chi connectivity index (χ3v) is 2.08. The molecule has 0 amide bonds. The van der Waals surface area contributed by atoms with Crippen LogP contribution < -0.4 is 4.74 Å². The molecule has 0 saturated heterocycles. The maximum Gasteiger partial charge on any atom is 0.119 e. The fourth-order valence-electron chi connectivity index (χ4n) is 1.35. The van der Waals surface area contributed by atoms with Crippen molar-refractivity contribution in [3.63, 3.8) is 0 Å². The van der Waals surface area contributed by atoms with E-state index in [1.807, 2.05) is 37.3 Å². The van der Waals surface area contributed by atoms with Crippen molar-refractivity contribution in [3.8, 4) is 11.8 Å². The lowest BCUT2D eigenvalue weighted by Crippen LogP contribution is -1.98. The maximum absolute atomic E-state index is 9.74. The number of hydrogen-bond donors (Lipinski definition) is 1. The Morgan fingerprint density at radius 1 is 1.53 bits per heavy atom. The lowest BCUT2D eigenvalue weighted by Gasteiger charge is -2.10. The van der Waals surface area contributed by atoms with Crippen LogP contribution in [0.3, 0.4) is 0 Å². The highest BCUT2D eigenvalue weighted by atomic mass is 16.5. The molecule has 1 atom stereocenters. The Labute approximate surface area is 89.9 Å². The van der Waals surface area contributed by atoms with Gasteiger partial charge in [-0.15, -0.1) is 0 Å². The zero-order valence-electron chi connectivity index (χ0n) is 8.81. The molecule has 80 valence electrons. The largest absolute Gasteiger partial charge is 0.494 e. The van der Waals surface area contributed by atoms with Crippen LogP contribution in [0.4, 0.5) is 0 Å². The fraction of sp³-hybridized carbons (Fsp3) is 0.417. The molecule has 1 rings (SSSR count). The van der Waals surface area contributed by atoms with E-state index in [0.29, 0.717) is 19.4 Å². The Bertz CT molecular complexity index is 344. The predicted octanol–water partition coefficient (Wildman–Crippen LogP) is 2.42. The molecule has 1 unspecified atom stereocenters. The van der Waals surface area contributed by atoms with Gasteiger partial charge in [0.25, 0.3) is 0 Å². The van der Waals surface area contributed by atoms with Gasteiger partial charge >= 0.3 is 0 Å². The van der Waals surface area contributed by atoms with Gasteiger partial charge in [-0.2, -0.15) is 5.26 Å². The Morgan fingerprint density at radius 2 is 2.33 bits per heavy atom. The second-order valence-corrected chi connectivity index (χ2v) is 3.22. The van der Waals surface area contributed by atoms with E-state index in [2.05, 4.69) is 0 Å². The van der Waals surface area contributed by atoms with Crippen molar-refractivity contribution < 1.29 is 9.84 Å². The summed E-state index contributed by atoms with van der Waals surface area (Å²) in [5, 5.41) is 18.2. The van der Waals surface area contributed by atoms with E-state index in [9.17, 15) is 5.11 Å². The van der Waals surface area contributed by atoms with Gasteiger partial charge in [-0.25, -0.2) is 0 Å². The van der Waals surface area contributed by atoms with E-state index in [1.54, 1.807) is 0 Å². The summed E-state index contributed by atoms with van der Waals surface area (Å²) < 4.78 is 5.33. The molecule has 0 saturated carbocycles. The molecule has 3 nitrogen and oxygen atoms in total.